The molecule has 1 amide bonds. The summed E-state index contributed by atoms with van der Waals surface area (Å²) in [5.41, 5.74) is 0.447. The molecule has 5 heteroatoms. The number of amides is 1. The second-order valence-electron chi connectivity index (χ2n) is 3.41. The smallest absolute Gasteiger partial charge is 0.273 e. The average Bonchev–Trinajstić information content (AvgIpc) is 2.29. The largest absolute Gasteiger partial charge is 0.385 e. The van der Waals surface area contributed by atoms with Gasteiger partial charge >= 0.3 is 0 Å². The number of aromatic nitrogens is 1. The fraction of sp³-hybridized carbons (Fsp3) is 0.455. The topological polar surface area (TPSA) is 42.4 Å². The number of rotatable bonds is 5. The molecule has 0 aliphatic carbocycles. The lowest BCUT2D eigenvalue weighted by Crippen LogP contribution is -2.29. The van der Waals surface area contributed by atoms with Gasteiger partial charge in [0.2, 0.25) is 0 Å². The molecule has 0 atom stereocenters. The van der Waals surface area contributed by atoms with Gasteiger partial charge in [-0.2, -0.15) is 0 Å². The van der Waals surface area contributed by atoms with E-state index in [0.29, 0.717) is 18.8 Å². The van der Waals surface area contributed by atoms with E-state index in [1.54, 1.807) is 31.3 Å². The summed E-state index contributed by atoms with van der Waals surface area (Å²) < 4.78 is 5.66. The first-order valence-corrected chi connectivity index (χ1v) is 5.81. The molecule has 4 nitrogen and oxygen atoms in total. The molecule has 0 fully saturated rings. The molecule has 0 aliphatic heterocycles. The predicted molar refractivity (Wildman–Crippen MR) is 65.4 cm³/mol. The van der Waals surface area contributed by atoms with Crippen LogP contribution in [0.25, 0.3) is 0 Å². The second kappa shape index (κ2) is 6.60. The van der Waals surface area contributed by atoms with Crippen LogP contribution in [0.3, 0.4) is 0 Å². The maximum Gasteiger partial charge on any atom is 0.273 e. The van der Waals surface area contributed by atoms with E-state index in [1.165, 1.54) is 0 Å². The number of hydrogen-bond acceptors (Lipinski definition) is 3. The number of carbonyl (C=O) groups is 1. The number of hydrogen-bond donors (Lipinski definition) is 0. The number of nitrogens with zero attached hydrogens (tertiary/aromatic N) is 2. The van der Waals surface area contributed by atoms with Crippen molar-refractivity contribution in [1.29, 1.82) is 0 Å². The van der Waals surface area contributed by atoms with Crippen LogP contribution in [0.5, 0.6) is 0 Å². The van der Waals surface area contributed by atoms with E-state index in [-0.39, 0.29) is 5.91 Å². The second-order valence-corrected chi connectivity index (χ2v) is 4.26. The Hall–Kier alpha value is -0.940. The van der Waals surface area contributed by atoms with E-state index in [0.717, 1.165) is 10.9 Å². The van der Waals surface area contributed by atoms with Crippen molar-refractivity contribution in [3.05, 3.63) is 28.5 Å². The van der Waals surface area contributed by atoms with Gasteiger partial charge in [0.1, 0.15) is 5.69 Å². The molecule has 0 N–H and O–H groups in total. The van der Waals surface area contributed by atoms with E-state index >= 15 is 0 Å². The van der Waals surface area contributed by atoms with Gasteiger partial charge in [-0.15, -0.1) is 0 Å². The zero-order valence-corrected chi connectivity index (χ0v) is 11.0. The lowest BCUT2D eigenvalue weighted by Gasteiger charge is -2.16. The van der Waals surface area contributed by atoms with Gasteiger partial charge in [-0.05, 0) is 34.5 Å². The van der Waals surface area contributed by atoms with Crippen LogP contribution in [0.2, 0.25) is 0 Å². The quantitative estimate of drug-likeness (QED) is 0.777. The Balaban J connectivity index is 2.60. The Morgan fingerprint density at radius 1 is 1.62 bits per heavy atom. The summed E-state index contributed by atoms with van der Waals surface area (Å²) in [5.74, 6) is -0.0800. The number of methoxy groups -OCH3 is 1. The molecule has 0 spiro atoms. The Bertz CT molecular complexity index is 358. The number of carbonyl (C=O) groups excluding carboxylic acids is 1. The van der Waals surface area contributed by atoms with Gasteiger partial charge < -0.3 is 9.64 Å². The standard InChI is InChI=1S/C11H15BrN2O2/c1-14(7-4-8-16-2)11(15)10-9(12)5-3-6-13-10/h3,5-6H,4,7-8H2,1-2H3. The Morgan fingerprint density at radius 2 is 2.38 bits per heavy atom. The summed E-state index contributed by atoms with van der Waals surface area (Å²) in [6, 6.07) is 3.59. The molecule has 0 unspecified atom stereocenters. The first-order valence-electron chi connectivity index (χ1n) is 5.01. The number of ether oxygens (including phenoxy) is 1. The highest BCUT2D eigenvalue weighted by Crippen LogP contribution is 2.14. The Kier molecular flexibility index (Phi) is 5.42. The third kappa shape index (κ3) is 3.57. The molecular weight excluding hydrogens is 272 g/mol. The van der Waals surface area contributed by atoms with E-state index in [1.807, 2.05) is 6.07 Å². The molecule has 0 aromatic carbocycles. The van der Waals surface area contributed by atoms with Crippen LogP contribution >= 0.6 is 15.9 Å². The molecule has 1 heterocycles. The minimum absolute atomic E-state index is 0.0800. The summed E-state index contributed by atoms with van der Waals surface area (Å²) in [4.78, 5) is 17.7. The van der Waals surface area contributed by atoms with Crippen molar-refractivity contribution in [2.75, 3.05) is 27.3 Å². The maximum absolute atomic E-state index is 12.0. The summed E-state index contributed by atoms with van der Waals surface area (Å²) in [6.45, 7) is 1.32. The van der Waals surface area contributed by atoms with Crippen molar-refractivity contribution < 1.29 is 9.53 Å². The molecule has 88 valence electrons. The van der Waals surface area contributed by atoms with Gasteiger partial charge in [-0.25, -0.2) is 4.98 Å². The minimum atomic E-state index is -0.0800. The molecular formula is C11H15BrN2O2. The molecule has 1 rings (SSSR count). The third-order valence-corrected chi connectivity index (χ3v) is 2.79. The van der Waals surface area contributed by atoms with Crippen LogP contribution in [0.15, 0.2) is 22.8 Å². The molecule has 0 radical (unpaired) electrons. The van der Waals surface area contributed by atoms with Gasteiger partial charge in [-0.1, -0.05) is 0 Å². The van der Waals surface area contributed by atoms with Crippen LogP contribution in [0.4, 0.5) is 0 Å². The first-order chi connectivity index (χ1) is 7.66. The minimum Gasteiger partial charge on any atom is -0.385 e. The van der Waals surface area contributed by atoms with Crippen LogP contribution < -0.4 is 0 Å². The monoisotopic (exact) mass is 286 g/mol. The first kappa shape index (κ1) is 13.1. The van der Waals surface area contributed by atoms with E-state index in [9.17, 15) is 4.79 Å². The third-order valence-electron chi connectivity index (χ3n) is 2.15. The summed E-state index contributed by atoms with van der Waals surface area (Å²) in [6.07, 6.45) is 2.43. The van der Waals surface area contributed by atoms with Gasteiger partial charge in [-0.3, -0.25) is 4.79 Å². The molecule has 1 aromatic rings. The van der Waals surface area contributed by atoms with Crippen molar-refractivity contribution in [2.45, 2.75) is 6.42 Å². The van der Waals surface area contributed by atoms with Gasteiger partial charge in [0, 0.05) is 38.0 Å². The Labute approximate surface area is 104 Å². The fourth-order valence-corrected chi connectivity index (χ4v) is 1.70. The van der Waals surface area contributed by atoms with Gasteiger partial charge in [0.05, 0.1) is 0 Å². The van der Waals surface area contributed by atoms with Crippen LogP contribution in [-0.4, -0.2) is 43.1 Å². The maximum atomic E-state index is 12.0. The molecule has 16 heavy (non-hydrogen) atoms. The van der Waals surface area contributed by atoms with Crippen molar-refractivity contribution in [2.24, 2.45) is 0 Å². The summed E-state index contributed by atoms with van der Waals surface area (Å²) >= 11 is 3.31. The van der Waals surface area contributed by atoms with Crippen LogP contribution in [0, 0.1) is 0 Å². The van der Waals surface area contributed by atoms with E-state index in [2.05, 4.69) is 20.9 Å². The molecule has 0 bridgehead atoms. The molecule has 1 aromatic heterocycles. The number of halogens is 1. The molecule has 0 aliphatic rings. The lowest BCUT2D eigenvalue weighted by atomic mass is 10.3. The zero-order chi connectivity index (χ0) is 12.0. The van der Waals surface area contributed by atoms with Crippen LogP contribution in [-0.2, 0) is 4.74 Å². The van der Waals surface area contributed by atoms with Crippen molar-refractivity contribution in [3.63, 3.8) is 0 Å². The highest BCUT2D eigenvalue weighted by molar-refractivity contribution is 9.10. The lowest BCUT2D eigenvalue weighted by molar-refractivity contribution is 0.0772. The highest BCUT2D eigenvalue weighted by Gasteiger charge is 2.15. The molecule has 0 saturated heterocycles. The van der Waals surface area contributed by atoms with Crippen molar-refractivity contribution >= 4 is 21.8 Å². The van der Waals surface area contributed by atoms with E-state index < -0.39 is 0 Å². The summed E-state index contributed by atoms with van der Waals surface area (Å²) in [5, 5.41) is 0. The van der Waals surface area contributed by atoms with Crippen molar-refractivity contribution in [1.82, 2.24) is 9.88 Å². The van der Waals surface area contributed by atoms with E-state index in [4.69, 9.17) is 4.74 Å². The average molecular weight is 287 g/mol. The zero-order valence-electron chi connectivity index (χ0n) is 9.44. The number of pyridine rings is 1. The van der Waals surface area contributed by atoms with Crippen LogP contribution in [0.1, 0.15) is 16.9 Å². The normalized spacial score (nSPS) is 10.2. The predicted octanol–water partition coefficient (Wildman–Crippen LogP) is 1.95. The summed E-state index contributed by atoms with van der Waals surface area (Å²) in [7, 11) is 3.41. The SMILES string of the molecule is COCCCN(C)C(=O)c1ncccc1Br. The van der Waals surface area contributed by atoms with Gasteiger partial charge in [0.25, 0.3) is 5.91 Å². The molecule has 0 saturated carbocycles. The highest BCUT2D eigenvalue weighted by atomic mass is 79.9. The van der Waals surface area contributed by atoms with Crippen molar-refractivity contribution in [3.8, 4) is 0 Å². The van der Waals surface area contributed by atoms with Gasteiger partial charge in [0.15, 0.2) is 0 Å². The Morgan fingerprint density at radius 3 is 3.00 bits per heavy atom. The fourth-order valence-electron chi connectivity index (χ4n) is 1.27.